The number of aromatic nitrogens is 1. The number of hydrogen-bond acceptors (Lipinski definition) is 4. The second kappa shape index (κ2) is 6.88. The maximum absolute atomic E-state index is 13.4. The molecule has 0 spiro atoms. The van der Waals surface area contributed by atoms with Crippen molar-refractivity contribution in [2.75, 3.05) is 35.3 Å². The Bertz CT molecular complexity index is 1090. The van der Waals surface area contributed by atoms with Crippen LogP contribution >= 0.6 is 0 Å². The first-order chi connectivity index (χ1) is 14.3. The third-order valence-corrected chi connectivity index (χ3v) is 8.15. The third kappa shape index (κ3) is 3.24. The second-order valence-corrected chi connectivity index (χ2v) is 10.2. The number of halogens is 2. The molecule has 2 fully saturated rings. The van der Waals surface area contributed by atoms with Crippen LogP contribution in [-0.2, 0) is 10.2 Å². The Morgan fingerprint density at radius 1 is 1.20 bits per heavy atom. The monoisotopic (exact) mass is 434 g/mol. The lowest BCUT2D eigenvalue weighted by molar-refractivity contribution is 0.101. The van der Waals surface area contributed by atoms with Gasteiger partial charge in [-0.05, 0) is 55.6 Å². The molecule has 0 radical (unpaired) electrons. The Labute approximate surface area is 175 Å². The lowest BCUT2D eigenvalue weighted by atomic mass is 9.89. The minimum absolute atomic E-state index is 0.223. The third-order valence-electron chi connectivity index (χ3n) is 6.38. The molecule has 3 heterocycles. The molecule has 9 heteroatoms. The van der Waals surface area contributed by atoms with Crippen molar-refractivity contribution in [2.45, 2.75) is 31.1 Å². The Balaban J connectivity index is 1.47. The van der Waals surface area contributed by atoms with E-state index in [0.717, 1.165) is 40.1 Å². The van der Waals surface area contributed by atoms with E-state index in [4.69, 9.17) is 0 Å². The molecule has 2 aliphatic heterocycles. The van der Waals surface area contributed by atoms with Crippen molar-refractivity contribution in [1.29, 1.82) is 0 Å². The normalized spacial score (nSPS) is 24.7. The Morgan fingerprint density at radius 2 is 1.93 bits per heavy atom. The van der Waals surface area contributed by atoms with Crippen molar-refractivity contribution in [3.05, 3.63) is 42.0 Å². The molecule has 160 valence electrons. The quantitative estimate of drug-likeness (QED) is 0.801. The fourth-order valence-corrected chi connectivity index (χ4v) is 5.79. The highest BCUT2D eigenvalue weighted by Crippen LogP contribution is 2.51. The molecule has 1 unspecified atom stereocenters. The number of alkyl halides is 2. The van der Waals surface area contributed by atoms with Gasteiger partial charge in [0.1, 0.15) is 0 Å². The van der Waals surface area contributed by atoms with E-state index < -0.39 is 22.0 Å². The summed E-state index contributed by atoms with van der Waals surface area (Å²) in [5.74, 6) is -2.93. The topological polar surface area (TPSA) is 65.5 Å². The van der Waals surface area contributed by atoms with E-state index >= 15 is 0 Å². The summed E-state index contributed by atoms with van der Waals surface area (Å²) < 4.78 is 54.5. The number of pyridine rings is 1. The number of nitrogens with zero attached hydrogens (tertiary/aromatic N) is 3. The molecule has 6 nitrogen and oxygen atoms in total. The minimum atomic E-state index is -3.89. The van der Waals surface area contributed by atoms with Crippen molar-refractivity contribution in [1.82, 2.24) is 10.3 Å². The van der Waals surface area contributed by atoms with Crippen molar-refractivity contribution in [3.63, 3.8) is 0 Å². The van der Waals surface area contributed by atoms with E-state index in [1.165, 1.54) is 12.6 Å². The van der Waals surface area contributed by atoms with Crippen LogP contribution in [-0.4, -0.2) is 46.0 Å². The molecule has 1 aliphatic carbocycles. The van der Waals surface area contributed by atoms with Crippen LogP contribution in [0.4, 0.5) is 20.3 Å². The van der Waals surface area contributed by atoms with Crippen molar-refractivity contribution in [2.24, 2.45) is 5.92 Å². The summed E-state index contributed by atoms with van der Waals surface area (Å²) >= 11 is 0. The van der Waals surface area contributed by atoms with E-state index in [2.05, 4.69) is 22.4 Å². The van der Waals surface area contributed by atoms with E-state index in [0.29, 0.717) is 17.3 Å². The zero-order valence-electron chi connectivity index (χ0n) is 16.7. The van der Waals surface area contributed by atoms with Gasteiger partial charge in [0, 0.05) is 31.5 Å². The van der Waals surface area contributed by atoms with Crippen LogP contribution in [0.3, 0.4) is 0 Å². The second-order valence-electron chi connectivity index (χ2n) is 8.36. The van der Waals surface area contributed by atoms with Crippen LogP contribution in [0.2, 0.25) is 0 Å². The van der Waals surface area contributed by atoms with Gasteiger partial charge >= 0.3 is 10.2 Å². The summed E-state index contributed by atoms with van der Waals surface area (Å²) in [6.07, 6.45) is 1.90. The summed E-state index contributed by atoms with van der Waals surface area (Å²) in [6.45, 7) is 1.79. The minimum Gasteiger partial charge on any atom is -0.317 e. The van der Waals surface area contributed by atoms with E-state index in [1.807, 2.05) is 12.1 Å². The van der Waals surface area contributed by atoms with Crippen LogP contribution in [0.1, 0.15) is 30.7 Å². The highest BCUT2D eigenvalue weighted by Gasteiger charge is 2.59. The van der Waals surface area contributed by atoms with Gasteiger partial charge in [0.05, 0.1) is 11.4 Å². The van der Waals surface area contributed by atoms with Crippen LogP contribution in [0.5, 0.6) is 0 Å². The maximum Gasteiger partial charge on any atom is 0.327 e. The maximum atomic E-state index is 13.4. The number of nitrogens with one attached hydrogen (secondary N) is 1. The summed E-state index contributed by atoms with van der Waals surface area (Å²) in [5.41, 5.74) is 3.21. The molecule has 0 bridgehead atoms. The van der Waals surface area contributed by atoms with Gasteiger partial charge in [-0.25, -0.2) is 22.4 Å². The molecular formula is C21H24F2N4O2S. The number of anilines is 2. The SMILES string of the molecule is CN1c2nc(-c3cccc(C4CCNCC4)c3)ccc2N(CC2CC2(F)F)S1(=O)=O. The van der Waals surface area contributed by atoms with Crippen molar-refractivity contribution >= 4 is 21.7 Å². The number of benzene rings is 1. The Morgan fingerprint density at radius 3 is 2.63 bits per heavy atom. The van der Waals surface area contributed by atoms with Crippen molar-refractivity contribution < 1.29 is 17.2 Å². The molecule has 30 heavy (non-hydrogen) atoms. The number of rotatable bonds is 4. The summed E-state index contributed by atoms with van der Waals surface area (Å²) in [4.78, 5) is 4.61. The van der Waals surface area contributed by atoms with E-state index in [9.17, 15) is 17.2 Å². The largest absolute Gasteiger partial charge is 0.327 e. The molecule has 1 aromatic heterocycles. The van der Waals surface area contributed by atoms with Gasteiger partial charge in [-0.15, -0.1) is 0 Å². The number of fused-ring (bicyclic) bond motifs is 1. The molecule has 1 saturated heterocycles. The predicted molar refractivity (Wildman–Crippen MR) is 112 cm³/mol. The smallest absolute Gasteiger partial charge is 0.317 e. The number of piperidine rings is 1. The molecule has 1 aromatic carbocycles. The van der Waals surface area contributed by atoms with Gasteiger partial charge in [-0.1, -0.05) is 18.2 Å². The summed E-state index contributed by atoms with van der Waals surface area (Å²) in [6, 6.07) is 11.7. The van der Waals surface area contributed by atoms with Crippen LogP contribution in [0, 0.1) is 5.92 Å². The molecule has 2 aromatic rings. The van der Waals surface area contributed by atoms with Gasteiger partial charge in [-0.3, -0.25) is 0 Å². The van der Waals surface area contributed by atoms with Crippen molar-refractivity contribution in [3.8, 4) is 11.3 Å². The lowest BCUT2D eigenvalue weighted by Gasteiger charge is -2.23. The molecule has 1 N–H and O–H groups in total. The average Bonchev–Trinajstić information content (AvgIpc) is 3.32. The van der Waals surface area contributed by atoms with E-state index in [-0.39, 0.29) is 18.8 Å². The fourth-order valence-electron chi connectivity index (χ4n) is 4.38. The van der Waals surface area contributed by atoms with Gasteiger partial charge in [0.15, 0.2) is 5.82 Å². The van der Waals surface area contributed by atoms with Gasteiger partial charge in [0.25, 0.3) is 5.92 Å². The molecule has 0 amide bonds. The highest BCUT2D eigenvalue weighted by atomic mass is 32.2. The average molecular weight is 435 g/mol. The predicted octanol–water partition coefficient (Wildman–Crippen LogP) is 3.37. The highest BCUT2D eigenvalue weighted by molar-refractivity contribution is 7.94. The van der Waals surface area contributed by atoms with Crippen LogP contribution in [0.15, 0.2) is 36.4 Å². The van der Waals surface area contributed by atoms with Gasteiger partial charge in [-0.2, -0.15) is 8.42 Å². The zero-order chi connectivity index (χ0) is 21.1. The summed E-state index contributed by atoms with van der Waals surface area (Å²) in [7, 11) is -2.47. The first-order valence-electron chi connectivity index (χ1n) is 10.2. The molecule has 5 rings (SSSR count). The summed E-state index contributed by atoms with van der Waals surface area (Å²) in [5, 5.41) is 3.37. The van der Waals surface area contributed by atoms with E-state index in [1.54, 1.807) is 12.1 Å². The Hall–Kier alpha value is -2.26. The fraction of sp³-hybridized carbons (Fsp3) is 0.476. The molecule has 1 atom stereocenters. The first kappa shape index (κ1) is 19.7. The van der Waals surface area contributed by atoms with Crippen LogP contribution in [0.25, 0.3) is 11.3 Å². The molecule has 3 aliphatic rings. The molecule has 1 saturated carbocycles. The number of hydrogen-bond donors (Lipinski definition) is 1. The first-order valence-corrected chi connectivity index (χ1v) is 11.6. The Kier molecular flexibility index (Phi) is 4.52. The van der Waals surface area contributed by atoms with Crippen LogP contribution < -0.4 is 13.9 Å². The van der Waals surface area contributed by atoms with Gasteiger partial charge < -0.3 is 5.32 Å². The lowest BCUT2D eigenvalue weighted by Crippen LogP contribution is -2.37. The van der Waals surface area contributed by atoms with Gasteiger partial charge in [0.2, 0.25) is 0 Å². The zero-order valence-corrected chi connectivity index (χ0v) is 17.5. The molecular weight excluding hydrogens is 410 g/mol. The standard InChI is InChI=1S/C21H24F2N4O2S/c1-26-20-19(27(30(26,28)29)13-17-12-21(17,22)23)6-5-18(25-20)16-4-2-3-15(11-16)14-7-9-24-10-8-14/h2-6,11,14,17,24H,7-10,12-13H2,1H3.